The van der Waals surface area contributed by atoms with Gasteiger partial charge in [-0.15, -0.1) is 0 Å². The molecule has 0 spiro atoms. The molecule has 0 N–H and O–H groups in total. The van der Waals surface area contributed by atoms with E-state index in [9.17, 15) is 0 Å². The van der Waals surface area contributed by atoms with E-state index >= 15 is 0 Å². The van der Waals surface area contributed by atoms with Crippen molar-refractivity contribution in [3.63, 3.8) is 0 Å². The molecule has 0 bridgehead atoms. The summed E-state index contributed by atoms with van der Waals surface area (Å²) in [6.07, 6.45) is 1.04. The van der Waals surface area contributed by atoms with Gasteiger partial charge in [-0.2, -0.15) is 0 Å². The van der Waals surface area contributed by atoms with Crippen LogP contribution in [0.5, 0.6) is 0 Å². The fraction of sp³-hybridized carbons (Fsp3) is 0.500. The number of benzene rings is 1. The van der Waals surface area contributed by atoms with Crippen LogP contribution in [0.2, 0.25) is 0 Å². The van der Waals surface area contributed by atoms with Crippen molar-refractivity contribution in [1.29, 1.82) is 0 Å². The monoisotopic (exact) mass is 205 g/mol. The third-order valence-corrected chi connectivity index (χ3v) is 2.08. The highest BCUT2D eigenvalue weighted by Crippen LogP contribution is 2.15. The Kier molecular flexibility index (Phi) is 7.61. The quantitative estimate of drug-likeness (QED) is 0.600. The Balaban J connectivity index is 0.000000442. The van der Waals surface area contributed by atoms with Crippen LogP contribution in [0, 0.1) is 0 Å². The maximum Gasteiger partial charge on any atom is 0.0641 e. The molecule has 0 aromatic heterocycles. The van der Waals surface area contributed by atoms with Gasteiger partial charge in [0.2, 0.25) is 0 Å². The maximum absolute atomic E-state index is 4.39. The van der Waals surface area contributed by atoms with E-state index in [1.54, 1.807) is 0 Å². The van der Waals surface area contributed by atoms with Crippen LogP contribution >= 0.6 is 0 Å². The Morgan fingerprint density at radius 2 is 1.47 bits per heavy atom. The summed E-state index contributed by atoms with van der Waals surface area (Å²) in [5, 5.41) is 0. The molecule has 0 radical (unpaired) electrons. The van der Waals surface area contributed by atoms with E-state index in [0.717, 1.165) is 13.0 Å². The average molecular weight is 205 g/mol. The van der Waals surface area contributed by atoms with E-state index < -0.39 is 0 Å². The molecule has 2 rings (SSSR count). The molecule has 0 aliphatic carbocycles. The molecular weight excluding hydrogens is 182 g/mol. The SMILES string of the molecule is CC.CC.CC1=NCc2ccccc2C1. The molecule has 0 saturated heterocycles. The Bertz CT molecular complexity index is 300. The van der Waals surface area contributed by atoms with Crippen molar-refractivity contribution in [3.8, 4) is 0 Å². The highest BCUT2D eigenvalue weighted by molar-refractivity contribution is 5.85. The first kappa shape index (κ1) is 13.9. The summed E-state index contributed by atoms with van der Waals surface area (Å²) in [4.78, 5) is 4.39. The highest BCUT2D eigenvalue weighted by Gasteiger charge is 2.06. The summed E-state index contributed by atoms with van der Waals surface area (Å²) in [5.41, 5.74) is 4.09. The third kappa shape index (κ3) is 4.28. The largest absolute Gasteiger partial charge is 0.289 e. The molecule has 1 aromatic carbocycles. The van der Waals surface area contributed by atoms with Crippen LogP contribution in [0.15, 0.2) is 29.3 Å². The molecule has 0 unspecified atom stereocenters. The number of aliphatic imine (C=N–C) groups is 1. The number of hydrogen-bond donors (Lipinski definition) is 0. The first-order valence-electron chi connectivity index (χ1n) is 5.93. The minimum atomic E-state index is 0.877. The van der Waals surface area contributed by atoms with Crippen molar-refractivity contribution in [3.05, 3.63) is 35.4 Å². The lowest BCUT2D eigenvalue weighted by Gasteiger charge is -2.12. The van der Waals surface area contributed by atoms with Gasteiger partial charge in [-0.1, -0.05) is 52.0 Å². The molecule has 0 saturated carbocycles. The molecule has 1 nitrogen and oxygen atoms in total. The van der Waals surface area contributed by atoms with Crippen LogP contribution in [-0.2, 0) is 13.0 Å². The van der Waals surface area contributed by atoms with Gasteiger partial charge in [-0.05, 0) is 18.1 Å². The Morgan fingerprint density at radius 3 is 2.07 bits per heavy atom. The van der Waals surface area contributed by atoms with Crippen LogP contribution in [-0.4, -0.2) is 5.71 Å². The molecule has 1 aromatic rings. The lowest BCUT2D eigenvalue weighted by molar-refractivity contribution is 0.983. The summed E-state index contributed by atoms with van der Waals surface area (Å²) in [6.45, 7) is 11.0. The van der Waals surface area contributed by atoms with Crippen molar-refractivity contribution in [2.45, 2.75) is 47.6 Å². The maximum atomic E-state index is 4.39. The summed E-state index contributed by atoms with van der Waals surface area (Å²) >= 11 is 0. The molecule has 15 heavy (non-hydrogen) atoms. The Hall–Kier alpha value is -1.11. The van der Waals surface area contributed by atoms with Gasteiger partial charge in [0, 0.05) is 12.1 Å². The predicted octanol–water partition coefficient (Wildman–Crippen LogP) is 4.26. The summed E-state index contributed by atoms with van der Waals surface area (Å²) < 4.78 is 0. The van der Waals surface area contributed by atoms with E-state index in [1.807, 2.05) is 27.7 Å². The highest BCUT2D eigenvalue weighted by atomic mass is 14.7. The fourth-order valence-corrected chi connectivity index (χ4v) is 1.44. The standard InChI is InChI=1S/C10H11N.2C2H6/c1-8-6-9-4-2-3-5-10(9)7-11-8;2*1-2/h2-5H,6-7H2,1H3;2*1-2H3. The third-order valence-electron chi connectivity index (χ3n) is 2.08. The number of hydrogen-bond acceptors (Lipinski definition) is 1. The number of rotatable bonds is 0. The first-order valence-corrected chi connectivity index (χ1v) is 5.93. The van der Waals surface area contributed by atoms with Crippen LogP contribution < -0.4 is 0 Å². The molecule has 1 aliphatic rings. The Morgan fingerprint density at radius 1 is 0.933 bits per heavy atom. The summed E-state index contributed by atoms with van der Waals surface area (Å²) in [7, 11) is 0. The molecule has 84 valence electrons. The van der Waals surface area contributed by atoms with Gasteiger partial charge in [0.1, 0.15) is 0 Å². The van der Waals surface area contributed by atoms with Crippen molar-refractivity contribution < 1.29 is 0 Å². The van der Waals surface area contributed by atoms with Crippen molar-refractivity contribution in [2.75, 3.05) is 0 Å². The van der Waals surface area contributed by atoms with Crippen molar-refractivity contribution in [1.82, 2.24) is 0 Å². The lowest BCUT2D eigenvalue weighted by atomic mass is 10.00. The van der Waals surface area contributed by atoms with Gasteiger partial charge in [0.15, 0.2) is 0 Å². The van der Waals surface area contributed by atoms with E-state index in [-0.39, 0.29) is 0 Å². The Labute approximate surface area is 94.3 Å². The van der Waals surface area contributed by atoms with E-state index in [0.29, 0.717) is 0 Å². The molecule has 1 heteroatoms. The van der Waals surface area contributed by atoms with Crippen LogP contribution in [0.3, 0.4) is 0 Å². The normalized spacial score (nSPS) is 12.2. The smallest absolute Gasteiger partial charge is 0.0641 e. The van der Waals surface area contributed by atoms with Crippen molar-refractivity contribution >= 4 is 5.71 Å². The minimum Gasteiger partial charge on any atom is -0.289 e. The lowest BCUT2D eigenvalue weighted by Crippen LogP contribution is -2.07. The molecule has 1 aliphatic heterocycles. The number of fused-ring (bicyclic) bond motifs is 1. The second-order valence-corrected chi connectivity index (χ2v) is 3.00. The molecule has 0 amide bonds. The zero-order valence-corrected chi connectivity index (χ0v) is 10.7. The summed E-state index contributed by atoms with van der Waals surface area (Å²) in [6, 6.07) is 8.52. The first-order chi connectivity index (χ1) is 7.36. The molecule has 0 fully saturated rings. The van der Waals surface area contributed by atoms with Gasteiger partial charge in [0.25, 0.3) is 0 Å². The van der Waals surface area contributed by atoms with Gasteiger partial charge < -0.3 is 0 Å². The van der Waals surface area contributed by atoms with Gasteiger partial charge in [0.05, 0.1) is 6.54 Å². The van der Waals surface area contributed by atoms with Crippen molar-refractivity contribution in [2.24, 2.45) is 4.99 Å². The molecule has 1 heterocycles. The van der Waals surface area contributed by atoms with Gasteiger partial charge >= 0.3 is 0 Å². The molecule has 0 atom stereocenters. The van der Waals surface area contributed by atoms with Crippen LogP contribution in [0.25, 0.3) is 0 Å². The van der Waals surface area contributed by atoms with E-state index in [1.165, 1.54) is 16.8 Å². The number of nitrogens with zero attached hydrogens (tertiary/aromatic N) is 1. The topological polar surface area (TPSA) is 12.4 Å². The fourth-order valence-electron chi connectivity index (χ4n) is 1.44. The predicted molar refractivity (Wildman–Crippen MR) is 69.7 cm³/mol. The van der Waals surface area contributed by atoms with Crippen LogP contribution in [0.4, 0.5) is 0 Å². The molecular formula is C14H23N. The van der Waals surface area contributed by atoms with E-state index in [4.69, 9.17) is 0 Å². The van der Waals surface area contributed by atoms with Crippen LogP contribution in [0.1, 0.15) is 45.7 Å². The second kappa shape index (κ2) is 8.22. The van der Waals surface area contributed by atoms with E-state index in [2.05, 4.69) is 36.2 Å². The second-order valence-electron chi connectivity index (χ2n) is 3.00. The summed E-state index contributed by atoms with van der Waals surface area (Å²) in [5.74, 6) is 0. The zero-order chi connectivity index (χ0) is 11.7. The average Bonchev–Trinajstić information content (AvgIpc) is 2.34. The van der Waals surface area contributed by atoms with Gasteiger partial charge in [-0.25, -0.2) is 0 Å². The minimum absolute atomic E-state index is 0.877. The zero-order valence-electron chi connectivity index (χ0n) is 10.7. The van der Waals surface area contributed by atoms with Gasteiger partial charge in [-0.3, -0.25) is 4.99 Å².